The topological polar surface area (TPSA) is 87.5 Å². The van der Waals surface area contributed by atoms with Gasteiger partial charge in [0.15, 0.2) is 0 Å². The summed E-state index contributed by atoms with van der Waals surface area (Å²) in [6.45, 7) is 4.22. The molecule has 2 heterocycles. The number of hydrogen-bond donors (Lipinski definition) is 1. The minimum absolute atomic E-state index is 0.162. The Morgan fingerprint density at radius 2 is 1.97 bits per heavy atom. The molecule has 0 aliphatic carbocycles. The van der Waals surface area contributed by atoms with E-state index >= 15 is 0 Å². The summed E-state index contributed by atoms with van der Waals surface area (Å²) in [7, 11) is 3.16. The normalized spacial score (nSPS) is 17.6. The van der Waals surface area contributed by atoms with Gasteiger partial charge in [-0.1, -0.05) is 36.9 Å². The molecule has 8 heteroatoms. The van der Waals surface area contributed by atoms with Crippen LogP contribution >= 0.6 is 0 Å². The van der Waals surface area contributed by atoms with Gasteiger partial charge in [0.1, 0.15) is 36.4 Å². The van der Waals surface area contributed by atoms with Crippen LogP contribution in [0.25, 0.3) is 0 Å². The van der Waals surface area contributed by atoms with Crippen LogP contribution in [-0.4, -0.2) is 35.0 Å². The van der Waals surface area contributed by atoms with Gasteiger partial charge >= 0.3 is 5.97 Å². The number of carbonyl (C=O) groups excluding carboxylic acids is 1. The first-order valence-corrected chi connectivity index (χ1v) is 9.40. The van der Waals surface area contributed by atoms with Gasteiger partial charge in [-0.05, 0) is 23.8 Å². The average molecular weight is 406 g/mol. The van der Waals surface area contributed by atoms with Gasteiger partial charge in [-0.15, -0.1) is 0 Å². The molecule has 0 fully saturated rings. The predicted molar refractivity (Wildman–Crippen MR) is 110 cm³/mol. The van der Waals surface area contributed by atoms with Crippen LogP contribution in [0, 0.1) is 5.92 Å². The molecule has 2 aromatic carbocycles. The third kappa shape index (κ3) is 3.59. The first-order valence-electron chi connectivity index (χ1n) is 9.40. The lowest BCUT2D eigenvalue weighted by atomic mass is 9.88. The number of ether oxygens (including phenoxy) is 3. The van der Waals surface area contributed by atoms with Crippen LogP contribution in [0.3, 0.4) is 0 Å². The van der Waals surface area contributed by atoms with E-state index in [0.29, 0.717) is 28.7 Å². The zero-order valence-electron chi connectivity index (χ0n) is 16.7. The molecule has 0 saturated carbocycles. The number of rotatable bonds is 6. The number of esters is 1. The number of aromatic nitrogens is 3. The number of anilines is 1. The summed E-state index contributed by atoms with van der Waals surface area (Å²) < 4.78 is 18.2. The Bertz CT molecular complexity index is 1060. The summed E-state index contributed by atoms with van der Waals surface area (Å²) in [6, 6.07) is 14.4. The Kier molecular flexibility index (Phi) is 5.38. The first kappa shape index (κ1) is 19.5. The number of benzene rings is 2. The van der Waals surface area contributed by atoms with Gasteiger partial charge in [0.05, 0.1) is 14.2 Å². The molecule has 1 aliphatic rings. The highest BCUT2D eigenvalue weighted by Crippen LogP contribution is 2.42. The molecule has 0 radical (unpaired) electrons. The predicted octanol–water partition coefficient (Wildman–Crippen LogP) is 3.18. The maximum absolute atomic E-state index is 13.2. The van der Waals surface area contributed by atoms with Gasteiger partial charge < -0.3 is 19.5 Å². The van der Waals surface area contributed by atoms with Crippen LogP contribution in [-0.2, 0) is 16.1 Å². The Morgan fingerprint density at radius 1 is 1.17 bits per heavy atom. The van der Waals surface area contributed by atoms with E-state index in [2.05, 4.69) is 22.0 Å². The van der Waals surface area contributed by atoms with Crippen molar-refractivity contribution in [3.05, 3.63) is 78.3 Å². The van der Waals surface area contributed by atoms with Gasteiger partial charge in [-0.25, -0.2) is 4.68 Å². The van der Waals surface area contributed by atoms with Crippen molar-refractivity contribution in [2.24, 2.45) is 5.92 Å². The van der Waals surface area contributed by atoms with Gasteiger partial charge in [-0.3, -0.25) is 4.79 Å². The molecule has 0 amide bonds. The highest BCUT2D eigenvalue weighted by Gasteiger charge is 2.42. The second-order valence-corrected chi connectivity index (χ2v) is 6.80. The van der Waals surface area contributed by atoms with Crippen molar-refractivity contribution in [1.82, 2.24) is 14.8 Å². The lowest BCUT2D eigenvalue weighted by molar-refractivity contribution is -0.149. The van der Waals surface area contributed by atoms with E-state index in [1.807, 2.05) is 36.4 Å². The average Bonchev–Trinajstić information content (AvgIpc) is 3.24. The molecule has 4 rings (SSSR count). The summed E-state index contributed by atoms with van der Waals surface area (Å²) in [5, 5.41) is 7.39. The second kappa shape index (κ2) is 8.28. The van der Waals surface area contributed by atoms with Crippen molar-refractivity contribution in [2.45, 2.75) is 12.6 Å². The Hall–Kier alpha value is -3.81. The van der Waals surface area contributed by atoms with E-state index < -0.39 is 17.9 Å². The monoisotopic (exact) mass is 406 g/mol. The number of nitrogens with zero attached hydrogens (tertiary/aromatic N) is 3. The lowest BCUT2D eigenvalue weighted by Gasteiger charge is -2.33. The molecule has 154 valence electrons. The van der Waals surface area contributed by atoms with Crippen LogP contribution in [0.4, 0.5) is 5.95 Å². The van der Waals surface area contributed by atoms with E-state index in [1.54, 1.807) is 31.0 Å². The molecule has 30 heavy (non-hydrogen) atoms. The standard InChI is InChI=1S/C22H22N4O4/c1-14-19(21(27)30-12-15-7-5-4-6-8-15)20(26-22(25-14)23-13-24-26)17-11-16(28-2)9-10-18(17)29-3/h4-11,13,19-20H,1,12H2,2-3H3,(H,23,24,25)/t19-,20+/m0/s1. The van der Waals surface area contributed by atoms with Gasteiger partial charge in [0.25, 0.3) is 0 Å². The number of hydrogen-bond acceptors (Lipinski definition) is 7. The third-order valence-corrected chi connectivity index (χ3v) is 5.03. The minimum atomic E-state index is -0.746. The molecule has 2 atom stereocenters. The Morgan fingerprint density at radius 3 is 2.70 bits per heavy atom. The summed E-state index contributed by atoms with van der Waals surface area (Å²) in [5.41, 5.74) is 2.09. The quantitative estimate of drug-likeness (QED) is 0.629. The molecule has 0 saturated heterocycles. The Labute approximate surface area is 174 Å². The molecule has 1 N–H and O–H groups in total. The molecule has 3 aromatic rings. The lowest BCUT2D eigenvalue weighted by Crippen LogP contribution is -2.38. The van der Waals surface area contributed by atoms with E-state index in [4.69, 9.17) is 14.2 Å². The van der Waals surface area contributed by atoms with E-state index in [-0.39, 0.29) is 6.61 Å². The fourth-order valence-electron chi connectivity index (χ4n) is 3.57. The molecule has 0 bridgehead atoms. The maximum atomic E-state index is 13.2. The van der Waals surface area contributed by atoms with Crippen LogP contribution in [0.2, 0.25) is 0 Å². The van der Waals surface area contributed by atoms with Crippen LogP contribution in [0.1, 0.15) is 17.2 Å². The second-order valence-electron chi connectivity index (χ2n) is 6.80. The zero-order chi connectivity index (χ0) is 21.1. The fraction of sp³-hybridized carbons (Fsp3) is 0.227. The summed E-state index contributed by atoms with van der Waals surface area (Å²) in [5.74, 6) is 0.545. The highest BCUT2D eigenvalue weighted by atomic mass is 16.5. The van der Waals surface area contributed by atoms with E-state index in [9.17, 15) is 4.79 Å². The number of carbonyl (C=O) groups is 1. The van der Waals surface area contributed by atoms with Crippen LogP contribution < -0.4 is 14.8 Å². The molecule has 8 nitrogen and oxygen atoms in total. The van der Waals surface area contributed by atoms with Gasteiger partial charge in [0, 0.05) is 11.3 Å². The van der Waals surface area contributed by atoms with Crippen LogP contribution in [0.5, 0.6) is 11.5 Å². The molecular formula is C22H22N4O4. The first-order chi connectivity index (χ1) is 14.6. The SMILES string of the molecule is C=C1Nc2ncnn2[C@H](c2cc(OC)ccc2OC)[C@H]1C(=O)OCc1ccccc1. The smallest absolute Gasteiger partial charge is 0.317 e. The zero-order valence-corrected chi connectivity index (χ0v) is 16.7. The highest BCUT2D eigenvalue weighted by molar-refractivity contribution is 5.79. The summed E-state index contributed by atoms with van der Waals surface area (Å²) in [6.07, 6.45) is 1.42. The molecule has 1 aliphatic heterocycles. The molecule has 0 spiro atoms. The molecule has 1 aromatic heterocycles. The van der Waals surface area contributed by atoms with Crippen molar-refractivity contribution in [2.75, 3.05) is 19.5 Å². The molecular weight excluding hydrogens is 384 g/mol. The van der Waals surface area contributed by atoms with E-state index in [0.717, 1.165) is 5.56 Å². The minimum Gasteiger partial charge on any atom is -0.497 e. The van der Waals surface area contributed by atoms with E-state index in [1.165, 1.54) is 6.33 Å². The number of nitrogens with one attached hydrogen (secondary N) is 1. The summed E-state index contributed by atoms with van der Waals surface area (Å²) in [4.78, 5) is 17.4. The van der Waals surface area contributed by atoms with Crippen molar-refractivity contribution in [3.8, 4) is 11.5 Å². The van der Waals surface area contributed by atoms with Crippen LogP contribution in [0.15, 0.2) is 67.1 Å². The maximum Gasteiger partial charge on any atom is 0.317 e. The van der Waals surface area contributed by atoms with Crippen molar-refractivity contribution in [3.63, 3.8) is 0 Å². The summed E-state index contributed by atoms with van der Waals surface area (Å²) >= 11 is 0. The van der Waals surface area contributed by atoms with Crippen molar-refractivity contribution < 1.29 is 19.0 Å². The number of methoxy groups -OCH3 is 2. The van der Waals surface area contributed by atoms with Crippen molar-refractivity contribution in [1.29, 1.82) is 0 Å². The van der Waals surface area contributed by atoms with Gasteiger partial charge in [0.2, 0.25) is 5.95 Å². The van der Waals surface area contributed by atoms with Crippen molar-refractivity contribution >= 4 is 11.9 Å². The number of fused-ring (bicyclic) bond motifs is 1. The third-order valence-electron chi connectivity index (χ3n) is 5.03. The largest absolute Gasteiger partial charge is 0.497 e. The Balaban J connectivity index is 1.73. The molecule has 0 unspecified atom stereocenters. The van der Waals surface area contributed by atoms with Gasteiger partial charge in [-0.2, -0.15) is 10.1 Å². The fourth-order valence-corrected chi connectivity index (χ4v) is 3.57.